The van der Waals surface area contributed by atoms with Crippen molar-refractivity contribution in [2.45, 2.75) is 45.3 Å². The summed E-state index contributed by atoms with van der Waals surface area (Å²) in [6.45, 7) is 5.18. The molecule has 0 spiro atoms. The van der Waals surface area contributed by atoms with Crippen LogP contribution in [0, 0.1) is 5.92 Å². The number of β-amino-alcohol motifs (C(OH)–C–C–N with tert-alkyl or cyclic N) is 1. The van der Waals surface area contributed by atoms with Gasteiger partial charge in [-0.25, -0.2) is 0 Å². The summed E-state index contributed by atoms with van der Waals surface area (Å²) in [5.41, 5.74) is 0. The quantitative estimate of drug-likeness (QED) is 0.692. The van der Waals surface area contributed by atoms with E-state index in [0.29, 0.717) is 18.9 Å². The molecule has 0 amide bonds. The first-order valence-corrected chi connectivity index (χ1v) is 6.36. The standard InChI is InChI=1S/C13H23NO3/c1-3-5-10-7-12(13(16)17)14(8-10)9-11(15)6-4-2/h3,5,10-12,15H,4,6-9H2,1-2H3,(H,16,17)/t10-,11?,12+/m0/s1. The maximum atomic E-state index is 11.2. The Morgan fingerprint density at radius 2 is 2.29 bits per heavy atom. The first-order valence-electron chi connectivity index (χ1n) is 6.36. The molecule has 0 radical (unpaired) electrons. The number of carboxylic acid groups (broad SMARTS) is 1. The Hall–Kier alpha value is -0.870. The minimum Gasteiger partial charge on any atom is -0.480 e. The van der Waals surface area contributed by atoms with Gasteiger partial charge in [-0.3, -0.25) is 9.69 Å². The average Bonchev–Trinajstić information content (AvgIpc) is 2.62. The summed E-state index contributed by atoms with van der Waals surface area (Å²) in [5.74, 6) is -0.476. The van der Waals surface area contributed by atoms with Crippen LogP contribution in [-0.2, 0) is 4.79 Å². The lowest BCUT2D eigenvalue weighted by Crippen LogP contribution is -2.40. The van der Waals surface area contributed by atoms with Gasteiger partial charge in [0.05, 0.1) is 6.10 Å². The van der Waals surface area contributed by atoms with Crippen LogP contribution in [0.3, 0.4) is 0 Å². The van der Waals surface area contributed by atoms with E-state index in [1.54, 1.807) is 0 Å². The van der Waals surface area contributed by atoms with Crippen LogP contribution in [0.25, 0.3) is 0 Å². The lowest BCUT2D eigenvalue weighted by atomic mass is 10.1. The lowest BCUT2D eigenvalue weighted by Gasteiger charge is -2.23. The third-order valence-corrected chi connectivity index (χ3v) is 3.25. The number of aliphatic hydroxyl groups is 1. The molecule has 0 aromatic heterocycles. The van der Waals surface area contributed by atoms with Crippen molar-refractivity contribution < 1.29 is 15.0 Å². The number of likely N-dealkylation sites (tertiary alicyclic amines) is 1. The number of aliphatic hydroxyl groups excluding tert-OH is 1. The van der Waals surface area contributed by atoms with Crippen molar-refractivity contribution in [2.75, 3.05) is 13.1 Å². The summed E-state index contributed by atoms with van der Waals surface area (Å²) in [6.07, 6.45) is 5.92. The van der Waals surface area contributed by atoms with Gasteiger partial charge in [0.15, 0.2) is 0 Å². The van der Waals surface area contributed by atoms with Gasteiger partial charge in [0.25, 0.3) is 0 Å². The van der Waals surface area contributed by atoms with E-state index < -0.39 is 18.1 Å². The first-order chi connectivity index (χ1) is 8.08. The molecule has 1 rings (SSSR count). The molecular formula is C13H23NO3. The van der Waals surface area contributed by atoms with Crippen LogP contribution in [-0.4, -0.2) is 46.3 Å². The van der Waals surface area contributed by atoms with Crippen molar-refractivity contribution in [1.82, 2.24) is 4.90 Å². The summed E-state index contributed by atoms with van der Waals surface area (Å²) in [5, 5.41) is 18.9. The lowest BCUT2D eigenvalue weighted by molar-refractivity contribution is -0.142. The van der Waals surface area contributed by atoms with Crippen molar-refractivity contribution in [3.8, 4) is 0 Å². The molecule has 0 saturated carbocycles. The predicted octanol–water partition coefficient (Wildman–Crippen LogP) is 1.50. The van der Waals surface area contributed by atoms with Gasteiger partial charge in [-0.2, -0.15) is 0 Å². The van der Waals surface area contributed by atoms with Crippen molar-refractivity contribution in [3.63, 3.8) is 0 Å². The van der Waals surface area contributed by atoms with Gasteiger partial charge in [0.1, 0.15) is 6.04 Å². The minimum atomic E-state index is -0.777. The topological polar surface area (TPSA) is 60.8 Å². The number of aliphatic carboxylic acids is 1. The van der Waals surface area contributed by atoms with E-state index >= 15 is 0 Å². The van der Waals surface area contributed by atoms with Gasteiger partial charge in [0.2, 0.25) is 0 Å². The second-order valence-electron chi connectivity index (χ2n) is 4.77. The summed E-state index contributed by atoms with van der Waals surface area (Å²) < 4.78 is 0. The van der Waals surface area contributed by atoms with Crippen molar-refractivity contribution in [1.29, 1.82) is 0 Å². The molecule has 0 bridgehead atoms. The number of carbonyl (C=O) groups is 1. The number of rotatable bonds is 6. The highest BCUT2D eigenvalue weighted by Gasteiger charge is 2.36. The summed E-state index contributed by atoms with van der Waals surface area (Å²) in [6, 6.07) is -0.442. The van der Waals surface area contributed by atoms with Crippen LogP contribution in [0.1, 0.15) is 33.1 Å². The van der Waals surface area contributed by atoms with Crippen molar-refractivity contribution in [2.24, 2.45) is 5.92 Å². The molecule has 98 valence electrons. The van der Waals surface area contributed by atoms with Crippen molar-refractivity contribution >= 4 is 5.97 Å². The highest BCUT2D eigenvalue weighted by molar-refractivity contribution is 5.74. The van der Waals surface area contributed by atoms with E-state index in [-0.39, 0.29) is 0 Å². The molecule has 3 atom stereocenters. The molecule has 1 fully saturated rings. The zero-order valence-corrected chi connectivity index (χ0v) is 10.7. The molecule has 0 aromatic carbocycles. The normalized spacial score (nSPS) is 27.7. The molecule has 2 N–H and O–H groups in total. The molecule has 17 heavy (non-hydrogen) atoms. The van der Waals surface area contributed by atoms with Crippen molar-refractivity contribution in [3.05, 3.63) is 12.2 Å². The van der Waals surface area contributed by atoms with Crippen LogP contribution in [0.5, 0.6) is 0 Å². The number of carboxylic acids is 1. The molecule has 1 saturated heterocycles. The minimum absolute atomic E-state index is 0.301. The maximum Gasteiger partial charge on any atom is 0.320 e. The van der Waals surface area contributed by atoms with Gasteiger partial charge < -0.3 is 10.2 Å². The van der Waals surface area contributed by atoms with Gasteiger partial charge in [-0.1, -0.05) is 25.5 Å². The summed E-state index contributed by atoms with van der Waals surface area (Å²) in [7, 11) is 0. The highest BCUT2D eigenvalue weighted by Crippen LogP contribution is 2.25. The molecule has 0 aromatic rings. The third-order valence-electron chi connectivity index (χ3n) is 3.25. The van der Waals surface area contributed by atoms with E-state index in [1.165, 1.54) is 0 Å². The molecular weight excluding hydrogens is 218 g/mol. The molecule has 1 heterocycles. The Bertz CT molecular complexity index is 278. The Morgan fingerprint density at radius 1 is 1.59 bits per heavy atom. The fraction of sp³-hybridized carbons (Fsp3) is 0.769. The Morgan fingerprint density at radius 3 is 2.82 bits per heavy atom. The van der Waals surface area contributed by atoms with Crippen LogP contribution in [0.15, 0.2) is 12.2 Å². The van der Waals surface area contributed by atoms with E-state index in [9.17, 15) is 9.90 Å². The SMILES string of the molecule is CC=C[C@H]1C[C@H](C(=O)O)N(CC(O)CCC)C1. The zero-order chi connectivity index (χ0) is 12.8. The van der Waals surface area contributed by atoms with Gasteiger partial charge in [-0.05, 0) is 25.7 Å². The van der Waals surface area contributed by atoms with Gasteiger partial charge in [-0.15, -0.1) is 0 Å². The highest BCUT2D eigenvalue weighted by atomic mass is 16.4. The number of allylic oxidation sites excluding steroid dienone is 1. The third kappa shape index (κ3) is 4.13. The largest absolute Gasteiger partial charge is 0.480 e. The second kappa shape index (κ2) is 6.77. The molecule has 4 nitrogen and oxygen atoms in total. The molecule has 1 unspecified atom stereocenters. The Kier molecular flexibility index (Phi) is 5.65. The average molecular weight is 241 g/mol. The predicted molar refractivity (Wildman–Crippen MR) is 66.8 cm³/mol. The molecule has 4 heteroatoms. The fourth-order valence-electron chi connectivity index (χ4n) is 2.50. The van der Waals surface area contributed by atoms with E-state index in [1.807, 2.05) is 24.8 Å². The molecule has 0 aliphatic carbocycles. The number of nitrogens with zero attached hydrogens (tertiary/aromatic N) is 1. The Balaban J connectivity index is 2.58. The number of hydrogen-bond acceptors (Lipinski definition) is 3. The van der Waals surface area contributed by atoms with Gasteiger partial charge >= 0.3 is 5.97 Å². The molecule has 1 aliphatic heterocycles. The van der Waals surface area contributed by atoms with Crippen LogP contribution in [0.4, 0.5) is 0 Å². The van der Waals surface area contributed by atoms with Crippen LogP contribution in [0.2, 0.25) is 0 Å². The van der Waals surface area contributed by atoms with E-state index in [2.05, 4.69) is 6.08 Å². The second-order valence-corrected chi connectivity index (χ2v) is 4.77. The summed E-state index contributed by atoms with van der Waals surface area (Å²) in [4.78, 5) is 13.0. The van der Waals surface area contributed by atoms with E-state index in [0.717, 1.165) is 19.4 Å². The van der Waals surface area contributed by atoms with Crippen LogP contribution >= 0.6 is 0 Å². The van der Waals surface area contributed by atoms with E-state index in [4.69, 9.17) is 5.11 Å². The fourth-order valence-corrected chi connectivity index (χ4v) is 2.50. The Labute approximate surface area is 103 Å². The zero-order valence-electron chi connectivity index (χ0n) is 10.7. The van der Waals surface area contributed by atoms with Gasteiger partial charge in [0, 0.05) is 13.1 Å². The smallest absolute Gasteiger partial charge is 0.320 e. The molecule has 1 aliphatic rings. The number of hydrogen-bond donors (Lipinski definition) is 2. The monoisotopic (exact) mass is 241 g/mol. The maximum absolute atomic E-state index is 11.2. The first kappa shape index (κ1) is 14.2. The summed E-state index contributed by atoms with van der Waals surface area (Å²) >= 11 is 0. The van der Waals surface area contributed by atoms with Crippen LogP contribution < -0.4 is 0 Å².